The lowest BCUT2D eigenvalue weighted by molar-refractivity contribution is -0.121. The highest BCUT2D eigenvalue weighted by atomic mass is 16.6. The van der Waals surface area contributed by atoms with Gasteiger partial charge in [0, 0.05) is 6.04 Å². The van der Waals surface area contributed by atoms with Crippen molar-refractivity contribution in [1.82, 2.24) is 5.32 Å². The second-order valence-electron chi connectivity index (χ2n) is 6.72. The molecule has 0 bridgehead atoms. The van der Waals surface area contributed by atoms with Crippen molar-refractivity contribution in [2.75, 3.05) is 7.11 Å². The van der Waals surface area contributed by atoms with E-state index in [0.29, 0.717) is 12.5 Å². The van der Waals surface area contributed by atoms with Crippen LogP contribution in [0.2, 0.25) is 0 Å². The largest absolute Gasteiger partial charge is 0.503 e. The first-order chi connectivity index (χ1) is 11.7. The molecule has 0 radical (unpaired) electrons. The summed E-state index contributed by atoms with van der Waals surface area (Å²) in [6, 6.07) is 4.36. The SMILES string of the molecule is COc1cc(C)c(CC(=O)NC2CCC(C)CC2)c(C)c1.O=C(O)O. The first kappa shape index (κ1) is 20.8. The highest BCUT2D eigenvalue weighted by molar-refractivity contribution is 5.79. The van der Waals surface area contributed by atoms with E-state index in [2.05, 4.69) is 12.2 Å². The molecule has 1 amide bonds. The van der Waals surface area contributed by atoms with Crippen LogP contribution in [-0.2, 0) is 11.2 Å². The number of hydrogen-bond donors (Lipinski definition) is 3. The van der Waals surface area contributed by atoms with Crippen LogP contribution in [0.15, 0.2) is 12.1 Å². The summed E-state index contributed by atoms with van der Waals surface area (Å²) in [5.74, 6) is 1.81. The van der Waals surface area contributed by atoms with Crippen LogP contribution in [0.25, 0.3) is 0 Å². The molecule has 0 spiro atoms. The fourth-order valence-corrected chi connectivity index (χ4v) is 3.19. The Kier molecular flexibility index (Phi) is 8.25. The second kappa shape index (κ2) is 9.91. The molecule has 1 aromatic carbocycles. The Morgan fingerprint density at radius 2 is 1.60 bits per heavy atom. The van der Waals surface area contributed by atoms with Crippen LogP contribution in [0.5, 0.6) is 5.75 Å². The van der Waals surface area contributed by atoms with Crippen LogP contribution in [0.4, 0.5) is 4.79 Å². The van der Waals surface area contributed by atoms with Crippen molar-refractivity contribution in [2.24, 2.45) is 5.92 Å². The number of rotatable bonds is 4. The third-order valence-electron chi connectivity index (χ3n) is 4.62. The standard InChI is InChI=1S/C18H27NO2.CH2O3/c1-12-5-7-15(8-6-12)19-18(20)11-17-13(2)9-16(21-4)10-14(17)3;2-1(3)4/h9-10,12,15H,5-8,11H2,1-4H3,(H,19,20);(H2,2,3,4). The van der Waals surface area contributed by atoms with Crippen LogP contribution in [0, 0.1) is 19.8 Å². The van der Waals surface area contributed by atoms with Crippen molar-refractivity contribution < 1.29 is 24.5 Å². The molecule has 0 unspecified atom stereocenters. The molecular formula is C19H29NO5. The molecule has 140 valence electrons. The van der Waals surface area contributed by atoms with Crippen molar-refractivity contribution in [1.29, 1.82) is 0 Å². The molecule has 1 aliphatic rings. The van der Waals surface area contributed by atoms with Gasteiger partial charge in [-0.1, -0.05) is 6.92 Å². The molecule has 2 rings (SSSR count). The number of amides is 1. The minimum absolute atomic E-state index is 0.144. The summed E-state index contributed by atoms with van der Waals surface area (Å²) in [5.41, 5.74) is 3.37. The Bertz CT molecular complexity index is 564. The fourth-order valence-electron chi connectivity index (χ4n) is 3.19. The van der Waals surface area contributed by atoms with Gasteiger partial charge in [-0.15, -0.1) is 0 Å². The Morgan fingerprint density at radius 3 is 2.04 bits per heavy atom. The summed E-state index contributed by atoms with van der Waals surface area (Å²) < 4.78 is 5.27. The number of hydrogen-bond acceptors (Lipinski definition) is 3. The Balaban J connectivity index is 0.000000705. The molecule has 1 saturated carbocycles. The second-order valence-corrected chi connectivity index (χ2v) is 6.72. The summed E-state index contributed by atoms with van der Waals surface area (Å²) >= 11 is 0. The van der Waals surface area contributed by atoms with Gasteiger partial charge in [0.15, 0.2) is 0 Å². The lowest BCUT2D eigenvalue weighted by atomic mass is 9.87. The average molecular weight is 351 g/mol. The van der Waals surface area contributed by atoms with Crippen molar-refractivity contribution in [2.45, 2.75) is 58.9 Å². The van der Waals surface area contributed by atoms with E-state index in [4.69, 9.17) is 19.7 Å². The van der Waals surface area contributed by atoms with Gasteiger partial charge in [0.2, 0.25) is 5.91 Å². The molecule has 6 nitrogen and oxygen atoms in total. The molecular weight excluding hydrogens is 322 g/mol. The van der Waals surface area contributed by atoms with E-state index < -0.39 is 6.16 Å². The van der Waals surface area contributed by atoms with E-state index >= 15 is 0 Å². The summed E-state index contributed by atoms with van der Waals surface area (Å²) in [6.07, 6.45) is 3.33. The lowest BCUT2D eigenvalue weighted by Gasteiger charge is -2.27. The Hall–Kier alpha value is -2.24. The van der Waals surface area contributed by atoms with Gasteiger partial charge in [0.25, 0.3) is 0 Å². The zero-order valence-corrected chi connectivity index (χ0v) is 15.5. The molecule has 0 aliphatic heterocycles. The van der Waals surface area contributed by atoms with Crippen LogP contribution in [0.1, 0.15) is 49.3 Å². The number of benzene rings is 1. The zero-order chi connectivity index (χ0) is 19.0. The minimum Gasteiger partial charge on any atom is -0.497 e. The predicted molar refractivity (Wildman–Crippen MR) is 96.4 cm³/mol. The van der Waals surface area contributed by atoms with Gasteiger partial charge in [-0.3, -0.25) is 4.79 Å². The molecule has 1 aliphatic carbocycles. The van der Waals surface area contributed by atoms with Crippen LogP contribution >= 0.6 is 0 Å². The predicted octanol–water partition coefficient (Wildman–Crippen LogP) is 3.77. The monoisotopic (exact) mass is 351 g/mol. The van der Waals surface area contributed by atoms with Gasteiger partial charge >= 0.3 is 6.16 Å². The first-order valence-electron chi connectivity index (χ1n) is 8.58. The molecule has 1 aromatic rings. The normalized spacial score (nSPS) is 19.4. The van der Waals surface area contributed by atoms with Crippen LogP contribution in [-0.4, -0.2) is 35.4 Å². The Labute approximate surface area is 149 Å². The smallest absolute Gasteiger partial charge is 0.497 e. The number of aryl methyl sites for hydroxylation is 2. The molecule has 0 saturated heterocycles. The van der Waals surface area contributed by atoms with E-state index in [1.807, 2.05) is 26.0 Å². The molecule has 3 N–H and O–H groups in total. The summed E-state index contributed by atoms with van der Waals surface area (Å²) in [7, 11) is 1.67. The highest BCUT2D eigenvalue weighted by Crippen LogP contribution is 2.24. The highest BCUT2D eigenvalue weighted by Gasteiger charge is 2.20. The molecule has 1 fully saturated rings. The fraction of sp³-hybridized carbons (Fsp3) is 0.579. The lowest BCUT2D eigenvalue weighted by Crippen LogP contribution is -2.38. The van der Waals surface area contributed by atoms with Gasteiger partial charge in [0.1, 0.15) is 5.75 Å². The molecule has 6 heteroatoms. The Morgan fingerprint density at radius 1 is 1.12 bits per heavy atom. The third-order valence-corrected chi connectivity index (χ3v) is 4.62. The number of carboxylic acid groups (broad SMARTS) is 2. The van der Waals surface area contributed by atoms with E-state index in [1.165, 1.54) is 12.8 Å². The van der Waals surface area contributed by atoms with Gasteiger partial charge < -0.3 is 20.3 Å². The number of carbonyl (C=O) groups is 2. The maximum atomic E-state index is 12.3. The summed E-state index contributed by atoms with van der Waals surface area (Å²) in [5, 5.41) is 17.1. The van der Waals surface area contributed by atoms with E-state index in [-0.39, 0.29) is 5.91 Å². The van der Waals surface area contributed by atoms with Crippen LogP contribution < -0.4 is 10.1 Å². The number of methoxy groups -OCH3 is 1. The molecule has 25 heavy (non-hydrogen) atoms. The minimum atomic E-state index is -1.83. The summed E-state index contributed by atoms with van der Waals surface area (Å²) in [4.78, 5) is 20.8. The summed E-state index contributed by atoms with van der Waals surface area (Å²) in [6.45, 7) is 6.38. The average Bonchev–Trinajstić information content (AvgIpc) is 2.52. The topological polar surface area (TPSA) is 95.9 Å². The van der Waals surface area contributed by atoms with Crippen molar-refractivity contribution in [3.05, 3.63) is 28.8 Å². The van der Waals surface area contributed by atoms with Crippen molar-refractivity contribution >= 4 is 12.1 Å². The number of nitrogens with one attached hydrogen (secondary N) is 1. The first-order valence-corrected chi connectivity index (χ1v) is 8.58. The zero-order valence-electron chi connectivity index (χ0n) is 15.5. The number of carbonyl (C=O) groups excluding carboxylic acids is 1. The number of ether oxygens (including phenoxy) is 1. The van der Waals surface area contributed by atoms with E-state index in [9.17, 15) is 4.79 Å². The third kappa shape index (κ3) is 7.45. The molecule has 0 atom stereocenters. The van der Waals surface area contributed by atoms with E-state index in [0.717, 1.165) is 41.2 Å². The maximum absolute atomic E-state index is 12.3. The van der Waals surface area contributed by atoms with Gasteiger partial charge in [-0.25, -0.2) is 4.79 Å². The van der Waals surface area contributed by atoms with Crippen LogP contribution in [0.3, 0.4) is 0 Å². The quantitative estimate of drug-likeness (QED) is 0.767. The van der Waals surface area contributed by atoms with Gasteiger partial charge in [0.05, 0.1) is 13.5 Å². The van der Waals surface area contributed by atoms with Crippen molar-refractivity contribution in [3.63, 3.8) is 0 Å². The van der Waals surface area contributed by atoms with Gasteiger partial charge in [-0.2, -0.15) is 0 Å². The van der Waals surface area contributed by atoms with Crippen molar-refractivity contribution in [3.8, 4) is 5.75 Å². The van der Waals surface area contributed by atoms with Gasteiger partial charge in [-0.05, 0) is 74.3 Å². The molecule has 0 aromatic heterocycles. The molecule has 0 heterocycles. The maximum Gasteiger partial charge on any atom is 0.503 e. The van der Waals surface area contributed by atoms with E-state index in [1.54, 1.807) is 7.11 Å².